The van der Waals surface area contributed by atoms with E-state index in [1.807, 2.05) is 17.1 Å². The average molecular weight is 289 g/mol. The molecule has 0 aromatic carbocycles. The maximum Gasteiger partial charge on any atom is 0.275 e. The summed E-state index contributed by atoms with van der Waals surface area (Å²) in [5.74, 6) is 0.00704. The van der Waals surface area contributed by atoms with Crippen molar-refractivity contribution in [2.75, 3.05) is 13.1 Å². The van der Waals surface area contributed by atoms with Gasteiger partial charge in [0.2, 0.25) is 0 Å². The van der Waals surface area contributed by atoms with E-state index in [2.05, 4.69) is 21.4 Å². The van der Waals surface area contributed by atoms with Gasteiger partial charge >= 0.3 is 0 Å². The molecule has 1 aromatic heterocycles. The minimum Gasteiger partial charge on any atom is -0.284 e. The first-order valence-electron chi connectivity index (χ1n) is 5.07. The topological polar surface area (TPSA) is 32.3 Å². The van der Waals surface area contributed by atoms with Crippen LogP contribution in [0.25, 0.3) is 0 Å². The Hall–Kier alpha value is -0.390. The second-order valence-electron chi connectivity index (χ2n) is 3.59. The van der Waals surface area contributed by atoms with Crippen molar-refractivity contribution >= 4 is 33.2 Å². The second-order valence-corrected chi connectivity index (χ2v) is 6.06. The summed E-state index contributed by atoms with van der Waals surface area (Å²) in [6.45, 7) is 1.94. The molecule has 0 unspecified atom stereocenters. The molecular weight excluding hydrogens is 276 g/mol. The zero-order chi connectivity index (χ0) is 10.7. The predicted octanol–water partition coefficient (Wildman–Crippen LogP) is 2.64. The quantitative estimate of drug-likeness (QED) is 0.907. The predicted molar refractivity (Wildman–Crippen MR) is 64.9 cm³/mol. The highest BCUT2D eigenvalue weighted by molar-refractivity contribution is 9.11. The fraction of sp³-hybridized carbons (Fsp3) is 0.500. The van der Waals surface area contributed by atoms with E-state index in [-0.39, 0.29) is 5.91 Å². The number of rotatable bonds is 2. The molecule has 1 aliphatic rings. The van der Waals surface area contributed by atoms with Crippen LogP contribution in [0.2, 0.25) is 0 Å². The van der Waals surface area contributed by atoms with Crippen molar-refractivity contribution < 1.29 is 4.79 Å². The number of hydrogen-bond donors (Lipinski definition) is 1. The number of halogens is 1. The molecule has 2 heterocycles. The normalized spacial score (nSPS) is 17.7. The fourth-order valence-electron chi connectivity index (χ4n) is 1.64. The summed E-state index contributed by atoms with van der Waals surface area (Å²) in [6.07, 6.45) is 3.62. The highest BCUT2D eigenvalue weighted by atomic mass is 79.9. The molecule has 1 amide bonds. The van der Waals surface area contributed by atoms with Gasteiger partial charge in [0, 0.05) is 13.1 Å². The minimum absolute atomic E-state index is 0.00704. The third kappa shape index (κ3) is 3.03. The second kappa shape index (κ2) is 5.09. The zero-order valence-corrected chi connectivity index (χ0v) is 10.7. The molecule has 82 valence electrons. The van der Waals surface area contributed by atoms with E-state index < -0.39 is 0 Å². The third-order valence-corrected chi connectivity index (χ3v) is 4.04. The summed E-state index contributed by atoms with van der Waals surface area (Å²) in [5, 5.41) is 2.01. The van der Waals surface area contributed by atoms with Gasteiger partial charge in [-0.05, 0) is 40.9 Å². The Bertz CT molecular complexity index is 347. The first kappa shape index (κ1) is 11.1. The largest absolute Gasteiger partial charge is 0.284 e. The van der Waals surface area contributed by atoms with E-state index in [0.717, 1.165) is 21.8 Å². The molecular formula is C10H13BrN2OS. The number of thiophene rings is 1. The van der Waals surface area contributed by atoms with E-state index in [4.69, 9.17) is 0 Å². The van der Waals surface area contributed by atoms with E-state index in [0.29, 0.717) is 0 Å². The number of piperidine rings is 1. The van der Waals surface area contributed by atoms with Crippen LogP contribution in [0.4, 0.5) is 0 Å². The maximum atomic E-state index is 11.8. The van der Waals surface area contributed by atoms with Crippen LogP contribution in [0.3, 0.4) is 0 Å². The molecule has 3 nitrogen and oxygen atoms in total. The molecule has 1 fully saturated rings. The van der Waals surface area contributed by atoms with Gasteiger partial charge in [-0.25, -0.2) is 5.01 Å². The first-order chi connectivity index (χ1) is 7.25. The summed E-state index contributed by atoms with van der Waals surface area (Å²) in [5.41, 5.74) is 2.93. The molecule has 0 radical (unpaired) electrons. The van der Waals surface area contributed by atoms with Crippen molar-refractivity contribution in [3.05, 3.63) is 20.8 Å². The van der Waals surface area contributed by atoms with E-state index in [1.165, 1.54) is 30.6 Å². The van der Waals surface area contributed by atoms with Crippen LogP contribution in [0.5, 0.6) is 0 Å². The highest BCUT2D eigenvalue weighted by Gasteiger charge is 2.14. The monoisotopic (exact) mass is 288 g/mol. The average Bonchev–Trinajstić information content (AvgIpc) is 2.66. The Morgan fingerprint density at radius 3 is 2.67 bits per heavy atom. The molecule has 1 saturated heterocycles. The lowest BCUT2D eigenvalue weighted by atomic mass is 10.2. The summed E-state index contributed by atoms with van der Waals surface area (Å²) >= 11 is 4.81. The maximum absolute atomic E-state index is 11.8. The number of amides is 1. The lowest BCUT2D eigenvalue weighted by Gasteiger charge is -2.26. The van der Waals surface area contributed by atoms with Gasteiger partial charge in [-0.1, -0.05) is 6.42 Å². The van der Waals surface area contributed by atoms with Crippen LogP contribution in [0, 0.1) is 0 Å². The Kier molecular flexibility index (Phi) is 3.77. The number of nitrogens with one attached hydrogen (secondary N) is 1. The van der Waals surface area contributed by atoms with E-state index in [1.54, 1.807) is 0 Å². The fourth-order valence-corrected chi connectivity index (χ4v) is 2.92. The summed E-state index contributed by atoms with van der Waals surface area (Å²) in [7, 11) is 0. The Balaban J connectivity index is 1.91. The number of nitrogens with zero attached hydrogens (tertiary/aromatic N) is 1. The molecule has 1 aromatic rings. The van der Waals surface area contributed by atoms with Gasteiger partial charge in [0.15, 0.2) is 0 Å². The SMILES string of the molecule is O=C(NN1CCCCC1)c1ccc(Br)s1. The van der Waals surface area contributed by atoms with Crippen LogP contribution < -0.4 is 5.43 Å². The van der Waals surface area contributed by atoms with Gasteiger partial charge in [0.05, 0.1) is 8.66 Å². The van der Waals surface area contributed by atoms with Crippen LogP contribution >= 0.6 is 27.3 Å². The van der Waals surface area contributed by atoms with E-state index in [9.17, 15) is 4.79 Å². The molecule has 0 saturated carbocycles. The lowest BCUT2D eigenvalue weighted by molar-refractivity contribution is 0.0754. The zero-order valence-electron chi connectivity index (χ0n) is 8.33. The number of carbonyl (C=O) groups is 1. The molecule has 15 heavy (non-hydrogen) atoms. The Labute approximate surface area is 102 Å². The lowest BCUT2D eigenvalue weighted by Crippen LogP contribution is -2.44. The smallest absolute Gasteiger partial charge is 0.275 e. The molecule has 5 heteroatoms. The van der Waals surface area contributed by atoms with Gasteiger partial charge in [0.25, 0.3) is 5.91 Å². The summed E-state index contributed by atoms with van der Waals surface area (Å²) in [4.78, 5) is 12.5. The van der Waals surface area contributed by atoms with Gasteiger partial charge in [-0.3, -0.25) is 10.2 Å². The van der Waals surface area contributed by atoms with Crippen molar-refractivity contribution in [3.63, 3.8) is 0 Å². The molecule has 0 spiro atoms. The molecule has 1 aliphatic heterocycles. The number of carbonyl (C=O) groups excluding carboxylic acids is 1. The van der Waals surface area contributed by atoms with Crippen LogP contribution in [0.15, 0.2) is 15.9 Å². The highest BCUT2D eigenvalue weighted by Crippen LogP contribution is 2.22. The molecule has 1 N–H and O–H groups in total. The summed E-state index contributed by atoms with van der Waals surface area (Å²) < 4.78 is 0.992. The van der Waals surface area contributed by atoms with Crippen molar-refractivity contribution in [1.29, 1.82) is 0 Å². The number of hydrazine groups is 1. The minimum atomic E-state index is 0.00704. The molecule has 2 rings (SSSR count). The Morgan fingerprint density at radius 2 is 2.07 bits per heavy atom. The molecule has 0 atom stereocenters. The molecule has 0 aliphatic carbocycles. The first-order valence-corrected chi connectivity index (χ1v) is 6.68. The van der Waals surface area contributed by atoms with E-state index >= 15 is 0 Å². The van der Waals surface area contributed by atoms with Crippen molar-refractivity contribution in [3.8, 4) is 0 Å². The van der Waals surface area contributed by atoms with Crippen LogP contribution in [-0.4, -0.2) is 24.0 Å². The van der Waals surface area contributed by atoms with Crippen molar-refractivity contribution in [2.24, 2.45) is 0 Å². The number of hydrogen-bond acceptors (Lipinski definition) is 3. The third-order valence-electron chi connectivity index (χ3n) is 2.41. The van der Waals surface area contributed by atoms with Gasteiger partial charge in [0.1, 0.15) is 0 Å². The summed E-state index contributed by atoms with van der Waals surface area (Å²) in [6, 6.07) is 3.74. The van der Waals surface area contributed by atoms with Crippen LogP contribution in [-0.2, 0) is 0 Å². The van der Waals surface area contributed by atoms with Crippen LogP contribution in [0.1, 0.15) is 28.9 Å². The Morgan fingerprint density at radius 1 is 1.33 bits per heavy atom. The van der Waals surface area contributed by atoms with Crippen molar-refractivity contribution in [2.45, 2.75) is 19.3 Å². The van der Waals surface area contributed by atoms with Gasteiger partial charge in [-0.15, -0.1) is 11.3 Å². The van der Waals surface area contributed by atoms with Gasteiger partial charge < -0.3 is 0 Å². The standard InChI is InChI=1S/C10H13BrN2OS/c11-9-5-4-8(15-9)10(14)12-13-6-2-1-3-7-13/h4-5H,1-3,6-7H2,(H,12,14). The van der Waals surface area contributed by atoms with Gasteiger partial charge in [-0.2, -0.15) is 0 Å². The van der Waals surface area contributed by atoms with Crippen molar-refractivity contribution in [1.82, 2.24) is 10.4 Å². The molecule has 0 bridgehead atoms.